The van der Waals surface area contributed by atoms with Gasteiger partial charge in [-0.2, -0.15) is 0 Å². The summed E-state index contributed by atoms with van der Waals surface area (Å²) in [5, 5.41) is 0. The molecule has 0 N–H and O–H groups in total. The van der Waals surface area contributed by atoms with Crippen molar-refractivity contribution in [1.29, 1.82) is 0 Å². The van der Waals surface area contributed by atoms with Crippen molar-refractivity contribution in [1.82, 2.24) is 4.98 Å². The van der Waals surface area contributed by atoms with Crippen LogP contribution in [0.3, 0.4) is 0 Å². The van der Waals surface area contributed by atoms with E-state index >= 15 is 0 Å². The first-order chi connectivity index (χ1) is 5.29. The number of hydrogen-bond donors (Lipinski definition) is 0. The highest BCUT2D eigenvalue weighted by molar-refractivity contribution is 6.57. The Hall–Kier alpha value is -1.19. The molecule has 0 radical (unpaired) electrons. The van der Waals surface area contributed by atoms with Gasteiger partial charge in [0.2, 0.25) is 0 Å². The summed E-state index contributed by atoms with van der Waals surface area (Å²) >= 11 is 0. The van der Waals surface area contributed by atoms with Crippen LogP contribution in [0.5, 0.6) is 5.75 Å². The third-order valence-electron chi connectivity index (χ3n) is 1.93. The van der Waals surface area contributed by atoms with E-state index in [-0.39, 0.29) is 7.05 Å². The Morgan fingerprint density at radius 1 is 1.64 bits per heavy atom. The number of rotatable bonds is 0. The number of pyridine rings is 1. The summed E-state index contributed by atoms with van der Waals surface area (Å²) in [7, 11) is 2.09. The van der Waals surface area contributed by atoms with Gasteiger partial charge in [0.15, 0.2) is 5.82 Å². The topological polar surface area (TPSA) is 25.4 Å². The summed E-state index contributed by atoms with van der Waals surface area (Å²) in [4.78, 5) is 6.20. The maximum Gasteiger partial charge on any atom is 0.480 e. The van der Waals surface area contributed by atoms with E-state index in [4.69, 9.17) is 4.65 Å². The minimum atomic E-state index is 0.111. The fraction of sp³-hybridized carbons (Fsp3) is 0.286. The third-order valence-corrected chi connectivity index (χ3v) is 1.93. The molecule has 11 heavy (non-hydrogen) atoms. The summed E-state index contributed by atoms with van der Waals surface area (Å²) in [6.45, 7) is 2.00. The standard InChI is InChI=1S/C7H9BN2O/c1-8-10(2)7-6(11-8)4-3-5-9-7/h3-5H,1-2H3. The molecule has 0 saturated carbocycles. The predicted molar refractivity (Wildman–Crippen MR) is 44.9 cm³/mol. The van der Waals surface area contributed by atoms with Crippen LogP contribution in [0.4, 0.5) is 5.82 Å². The van der Waals surface area contributed by atoms with E-state index in [0.29, 0.717) is 0 Å². The molecule has 1 aromatic rings. The van der Waals surface area contributed by atoms with Gasteiger partial charge in [-0.1, -0.05) is 0 Å². The normalized spacial score (nSPS) is 14.7. The summed E-state index contributed by atoms with van der Waals surface area (Å²) in [5.41, 5.74) is 0. The molecule has 0 amide bonds. The second-order valence-electron chi connectivity index (χ2n) is 2.65. The molecule has 0 fully saturated rings. The lowest BCUT2D eigenvalue weighted by Crippen LogP contribution is -2.32. The summed E-state index contributed by atoms with van der Waals surface area (Å²) < 4.78 is 5.48. The van der Waals surface area contributed by atoms with Gasteiger partial charge in [0.1, 0.15) is 5.75 Å². The second-order valence-corrected chi connectivity index (χ2v) is 2.65. The average Bonchev–Trinajstić information content (AvgIpc) is 2.30. The largest absolute Gasteiger partial charge is 0.539 e. The van der Waals surface area contributed by atoms with Crippen molar-refractivity contribution in [2.45, 2.75) is 6.82 Å². The summed E-state index contributed by atoms with van der Waals surface area (Å²) in [6.07, 6.45) is 1.77. The van der Waals surface area contributed by atoms with E-state index in [1.54, 1.807) is 6.20 Å². The fourth-order valence-corrected chi connectivity index (χ4v) is 1.17. The highest BCUT2D eigenvalue weighted by Crippen LogP contribution is 2.31. The van der Waals surface area contributed by atoms with Gasteiger partial charge in [0, 0.05) is 6.20 Å². The van der Waals surface area contributed by atoms with Gasteiger partial charge < -0.3 is 9.47 Å². The molecule has 56 valence electrons. The molecule has 2 rings (SSSR count). The van der Waals surface area contributed by atoms with Crippen molar-refractivity contribution in [2.24, 2.45) is 0 Å². The van der Waals surface area contributed by atoms with Crippen LogP contribution in [-0.2, 0) is 0 Å². The second kappa shape index (κ2) is 2.15. The van der Waals surface area contributed by atoms with Crippen molar-refractivity contribution in [2.75, 3.05) is 11.9 Å². The zero-order chi connectivity index (χ0) is 7.84. The SMILES string of the molecule is CB1Oc2cccnc2N1C. The highest BCUT2D eigenvalue weighted by Gasteiger charge is 2.29. The van der Waals surface area contributed by atoms with E-state index in [1.807, 2.05) is 30.8 Å². The Bertz CT molecular complexity index is 279. The van der Waals surface area contributed by atoms with Crippen LogP contribution in [0.2, 0.25) is 6.82 Å². The van der Waals surface area contributed by atoms with E-state index in [9.17, 15) is 0 Å². The van der Waals surface area contributed by atoms with Crippen molar-refractivity contribution in [3.8, 4) is 5.75 Å². The van der Waals surface area contributed by atoms with Gasteiger partial charge in [-0.15, -0.1) is 0 Å². The number of hydrogen-bond acceptors (Lipinski definition) is 3. The molecular formula is C7H9BN2O. The van der Waals surface area contributed by atoms with Crippen molar-refractivity contribution < 1.29 is 4.65 Å². The predicted octanol–water partition coefficient (Wildman–Crippen LogP) is 1.03. The van der Waals surface area contributed by atoms with Crippen LogP contribution in [0.1, 0.15) is 0 Å². The van der Waals surface area contributed by atoms with Crippen LogP contribution in [0.25, 0.3) is 0 Å². The first kappa shape index (κ1) is 6.52. The molecule has 4 heteroatoms. The molecule has 1 aliphatic rings. The number of anilines is 1. The minimum Gasteiger partial charge on any atom is -0.539 e. The molecule has 0 spiro atoms. The van der Waals surface area contributed by atoms with Crippen molar-refractivity contribution >= 4 is 12.9 Å². The quantitative estimate of drug-likeness (QED) is 0.513. The van der Waals surface area contributed by atoms with Gasteiger partial charge >= 0.3 is 7.05 Å². The van der Waals surface area contributed by atoms with Gasteiger partial charge in [-0.3, -0.25) is 0 Å². The first-order valence-electron chi connectivity index (χ1n) is 3.63. The average molecular weight is 148 g/mol. The van der Waals surface area contributed by atoms with E-state index in [0.717, 1.165) is 11.6 Å². The first-order valence-corrected chi connectivity index (χ1v) is 3.63. The molecule has 0 aromatic carbocycles. The molecule has 2 heterocycles. The Kier molecular flexibility index (Phi) is 1.28. The molecule has 0 aliphatic carbocycles. The summed E-state index contributed by atoms with van der Waals surface area (Å²) in [5.74, 6) is 1.81. The van der Waals surface area contributed by atoms with Crippen LogP contribution in [0.15, 0.2) is 18.3 Å². The minimum absolute atomic E-state index is 0.111. The smallest absolute Gasteiger partial charge is 0.480 e. The van der Waals surface area contributed by atoms with Crippen LogP contribution < -0.4 is 9.47 Å². The molecule has 1 aromatic heterocycles. The third kappa shape index (κ3) is 0.860. The van der Waals surface area contributed by atoms with Crippen LogP contribution in [0, 0.1) is 0 Å². The van der Waals surface area contributed by atoms with Crippen LogP contribution >= 0.6 is 0 Å². The van der Waals surface area contributed by atoms with Gasteiger partial charge in [0.25, 0.3) is 0 Å². The van der Waals surface area contributed by atoms with Gasteiger partial charge in [-0.25, -0.2) is 4.98 Å². The van der Waals surface area contributed by atoms with E-state index in [1.165, 1.54) is 0 Å². The number of fused-ring (bicyclic) bond motifs is 1. The molecule has 0 bridgehead atoms. The zero-order valence-corrected chi connectivity index (χ0v) is 6.61. The molecule has 0 atom stereocenters. The lowest BCUT2D eigenvalue weighted by Gasteiger charge is -2.09. The highest BCUT2D eigenvalue weighted by atomic mass is 16.5. The van der Waals surface area contributed by atoms with Crippen molar-refractivity contribution in [3.05, 3.63) is 18.3 Å². The lowest BCUT2D eigenvalue weighted by atomic mass is 9.87. The molecule has 1 aliphatic heterocycles. The maximum absolute atomic E-state index is 5.48. The Morgan fingerprint density at radius 3 is 3.18 bits per heavy atom. The van der Waals surface area contributed by atoms with E-state index in [2.05, 4.69) is 4.98 Å². The van der Waals surface area contributed by atoms with Crippen molar-refractivity contribution in [3.63, 3.8) is 0 Å². The lowest BCUT2D eigenvalue weighted by molar-refractivity contribution is 0.596. The van der Waals surface area contributed by atoms with E-state index < -0.39 is 0 Å². The van der Waals surface area contributed by atoms with Crippen LogP contribution in [-0.4, -0.2) is 19.1 Å². The Labute approximate surface area is 66.1 Å². The van der Waals surface area contributed by atoms with Gasteiger partial charge in [-0.05, 0) is 26.0 Å². The monoisotopic (exact) mass is 148 g/mol. The number of nitrogens with zero attached hydrogens (tertiary/aromatic N) is 2. The molecular weight excluding hydrogens is 139 g/mol. The Morgan fingerprint density at radius 2 is 2.45 bits per heavy atom. The van der Waals surface area contributed by atoms with Gasteiger partial charge in [0.05, 0.1) is 0 Å². The Balaban J connectivity index is 2.47. The summed E-state index contributed by atoms with van der Waals surface area (Å²) in [6, 6.07) is 3.81. The molecule has 3 nitrogen and oxygen atoms in total. The maximum atomic E-state index is 5.48. The number of aromatic nitrogens is 1. The fourth-order valence-electron chi connectivity index (χ4n) is 1.17. The molecule has 0 saturated heterocycles. The zero-order valence-electron chi connectivity index (χ0n) is 6.61. The molecule has 0 unspecified atom stereocenters.